The maximum Gasteiger partial charge on any atom is 0.308 e. The average molecular weight is 548 g/mol. The Morgan fingerprint density at radius 1 is 1.05 bits per heavy atom. The lowest BCUT2D eigenvalue weighted by Crippen LogP contribution is -2.41. The average Bonchev–Trinajstić information content (AvgIpc) is 3.61. The molecule has 1 N–H and O–H groups in total. The van der Waals surface area contributed by atoms with E-state index in [4.69, 9.17) is 28.8 Å². The molecule has 6 rings (SSSR count). The zero-order chi connectivity index (χ0) is 28.1. The van der Waals surface area contributed by atoms with E-state index < -0.39 is 28.6 Å². The topological polar surface area (TPSA) is 142 Å². The number of ether oxygens (including phenoxy) is 5. The number of aliphatic carboxylic acids is 1. The lowest BCUT2D eigenvalue weighted by Gasteiger charge is -2.36. The predicted octanol–water partition coefficient (Wildman–Crippen LogP) is 4.04. The Balaban J connectivity index is 1.55. The molecule has 206 valence electrons. The Kier molecular flexibility index (Phi) is 6.09. The van der Waals surface area contributed by atoms with Gasteiger partial charge in [-0.3, -0.25) is 19.9 Å². The summed E-state index contributed by atoms with van der Waals surface area (Å²) < 4.78 is 27.9. The van der Waals surface area contributed by atoms with Gasteiger partial charge in [-0.2, -0.15) is 5.10 Å². The second-order valence-corrected chi connectivity index (χ2v) is 9.54. The van der Waals surface area contributed by atoms with Crippen LogP contribution in [0.15, 0.2) is 53.6 Å². The van der Waals surface area contributed by atoms with E-state index in [0.29, 0.717) is 51.3 Å². The molecule has 12 nitrogen and oxygen atoms in total. The van der Waals surface area contributed by atoms with Crippen molar-refractivity contribution in [2.45, 2.75) is 5.92 Å². The molecule has 0 amide bonds. The molecule has 3 atom stereocenters. The number of carboxylic acid groups (broad SMARTS) is 1. The van der Waals surface area contributed by atoms with Gasteiger partial charge in [0.2, 0.25) is 12.5 Å². The van der Waals surface area contributed by atoms with E-state index in [-0.39, 0.29) is 19.0 Å². The molecule has 0 radical (unpaired) electrons. The van der Waals surface area contributed by atoms with Gasteiger partial charge in [-0.25, -0.2) is 0 Å². The third-order valence-electron chi connectivity index (χ3n) is 7.57. The number of hydrogen-bond donors (Lipinski definition) is 1. The van der Waals surface area contributed by atoms with Crippen molar-refractivity contribution in [1.82, 2.24) is 0 Å². The van der Waals surface area contributed by atoms with Crippen molar-refractivity contribution in [1.29, 1.82) is 0 Å². The highest BCUT2D eigenvalue weighted by atomic mass is 16.7. The van der Waals surface area contributed by atoms with Crippen LogP contribution >= 0.6 is 0 Å². The molecule has 0 fully saturated rings. The maximum atomic E-state index is 13.0. The highest BCUT2D eigenvalue weighted by Gasteiger charge is 2.50. The molecule has 0 saturated carbocycles. The van der Waals surface area contributed by atoms with Crippen LogP contribution in [0.25, 0.3) is 0 Å². The van der Waals surface area contributed by atoms with Crippen LogP contribution in [0, 0.1) is 22.0 Å². The van der Waals surface area contributed by atoms with Gasteiger partial charge in [-0.1, -0.05) is 6.07 Å². The number of fused-ring (bicyclic) bond motifs is 4. The van der Waals surface area contributed by atoms with Gasteiger partial charge in [0.15, 0.2) is 23.0 Å². The summed E-state index contributed by atoms with van der Waals surface area (Å²) in [6.07, 6.45) is 0. The summed E-state index contributed by atoms with van der Waals surface area (Å²) in [5, 5.41) is 28.5. The molecule has 40 heavy (non-hydrogen) atoms. The Morgan fingerprint density at radius 2 is 1.75 bits per heavy atom. The lowest BCUT2D eigenvalue weighted by molar-refractivity contribution is -0.384. The van der Waals surface area contributed by atoms with Gasteiger partial charge in [-0.05, 0) is 41.5 Å². The first-order valence-electron chi connectivity index (χ1n) is 12.4. The SMILES string of the molecule is COc1cc([C@@H]2c3cc4c(cc3C3=NN(c5cccc([N+](=O)[O-])c5)C[C@H]3[C@@H]2C(=O)O)OCO4)cc(OC)c1OC. The Morgan fingerprint density at radius 3 is 2.38 bits per heavy atom. The van der Waals surface area contributed by atoms with Crippen LogP contribution in [0.4, 0.5) is 11.4 Å². The number of nitro benzene ring substituents is 1. The van der Waals surface area contributed by atoms with Crippen molar-refractivity contribution in [2.24, 2.45) is 16.9 Å². The van der Waals surface area contributed by atoms with Crippen LogP contribution in [0.1, 0.15) is 22.6 Å². The zero-order valence-electron chi connectivity index (χ0n) is 21.8. The van der Waals surface area contributed by atoms with Crippen molar-refractivity contribution < 1.29 is 38.5 Å². The van der Waals surface area contributed by atoms with Crippen molar-refractivity contribution in [3.8, 4) is 28.7 Å². The van der Waals surface area contributed by atoms with Gasteiger partial charge in [0.05, 0.1) is 50.1 Å². The second kappa shape index (κ2) is 9.63. The Bertz CT molecular complexity index is 1550. The number of non-ortho nitro benzene ring substituents is 1. The molecular formula is C28H25N3O9. The van der Waals surface area contributed by atoms with E-state index in [2.05, 4.69) is 0 Å². The zero-order valence-corrected chi connectivity index (χ0v) is 21.8. The molecule has 0 aromatic heterocycles. The Hall–Kier alpha value is -5.00. The lowest BCUT2D eigenvalue weighted by atomic mass is 9.65. The van der Waals surface area contributed by atoms with Crippen LogP contribution in [0.3, 0.4) is 0 Å². The minimum atomic E-state index is -1.01. The molecular weight excluding hydrogens is 522 g/mol. The van der Waals surface area contributed by atoms with Crippen molar-refractivity contribution in [3.05, 3.63) is 75.3 Å². The molecule has 12 heteroatoms. The minimum Gasteiger partial charge on any atom is -0.493 e. The number of methoxy groups -OCH3 is 3. The number of carboxylic acids is 1. The fourth-order valence-electron chi connectivity index (χ4n) is 5.83. The van der Waals surface area contributed by atoms with E-state index in [9.17, 15) is 20.0 Å². The summed E-state index contributed by atoms with van der Waals surface area (Å²) in [6, 6.07) is 13.2. The van der Waals surface area contributed by atoms with Gasteiger partial charge in [0.1, 0.15) is 0 Å². The summed E-state index contributed by atoms with van der Waals surface area (Å²) in [5.74, 6) is -0.932. The molecule has 0 bridgehead atoms. The van der Waals surface area contributed by atoms with E-state index in [1.165, 1.54) is 33.5 Å². The van der Waals surface area contributed by atoms with Gasteiger partial charge < -0.3 is 28.8 Å². The number of anilines is 1. The minimum absolute atomic E-state index is 0.0468. The van der Waals surface area contributed by atoms with Crippen LogP contribution in [0.5, 0.6) is 28.7 Å². The van der Waals surface area contributed by atoms with E-state index >= 15 is 0 Å². The molecule has 1 aliphatic carbocycles. The molecule has 3 aromatic rings. The van der Waals surface area contributed by atoms with Crippen molar-refractivity contribution in [3.63, 3.8) is 0 Å². The monoisotopic (exact) mass is 547 g/mol. The molecule has 2 heterocycles. The molecule has 2 aliphatic heterocycles. The van der Waals surface area contributed by atoms with Crippen molar-refractivity contribution >= 4 is 23.1 Å². The number of hydrogen-bond acceptors (Lipinski definition) is 10. The van der Waals surface area contributed by atoms with Crippen LogP contribution in [-0.4, -0.2) is 56.4 Å². The van der Waals surface area contributed by atoms with Gasteiger partial charge in [0, 0.05) is 29.5 Å². The van der Waals surface area contributed by atoms with E-state index in [1.54, 1.807) is 35.3 Å². The maximum absolute atomic E-state index is 13.0. The first-order chi connectivity index (χ1) is 19.3. The number of nitro groups is 1. The van der Waals surface area contributed by atoms with Gasteiger partial charge >= 0.3 is 5.97 Å². The van der Waals surface area contributed by atoms with Crippen LogP contribution in [0.2, 0.25) is 0 Å². The molecule has 3 aliphatic rings. The van der Waals surface area contributed by atoms with Crippen LogP contribution < -0.4 is 28.7 Å². The van der Waals surface area contributed by atoms with Gasteiger partial charge in [-0.15, -0.1) is 0 Å². The third kappa shape index (κ3) is 3.91. The molecule has 0 spiro atoms. The molecule has 3 aromatic carbocycles. The number of rotatable bonds is 7. The Labute approximate surface area is 228 Å². The molecule has 0 unspecified atom stereocenters. The fourth-order valence-corrected chi connectivity index (χ4v) is 5.83. The standard InChI is InChI=1S/C28H25N3O9/c1-36-22-7-14(8-23(37-2)27(22)38-3)24-17-10-20-21(40-13-39-20)11-18(17)26-19(25(24)28(32)33)12-30(29-26)15-5-4-6-16(9-15)31(34)35/h4-11,19,24-25H,12-13H2,1-3H3,(H,32,33)/t19-,24+,25-/m0/s1. The predicted molar refractivity (Wildman–Crippen MR) is 142 cm³/mol. The van der Waals surface area contributed by atoms with E-state index in [1.807, 2.05) is 6.07 Å². The highest BCUT2D eigenvalue weighted by Crippen LogP contribution is 2.52. The fraction of sp³-hybridized carbons (Fsp3) is 0.286. The molecule has 0 saturated heterocycles. The number of hydrazone groups is 1. The third-order valence-corrected chi connectivity index (χ3v) is 7.57. The summed E-state index contributed by atoms with van der Waals surface area (Å²) >= 11 is 0. The summed E-state index contributed by atoms with van der Waals surface area (Å²) in [4.78, 5) is 24.0. The largest absolute Gasteiger partial charge is 0.493 e. The number of nitrogens with zero attached hydrogens (tertiary/aromatic N) is 3. The van der Waals surface area contributed by atoms with E-state index in [0.717, 1.165) is 5.56 Å². The summed E-state index contributed by atoms with van der Waals surface area (Å²) in [5.41, 5.74) is 3.04. The number of benzene rings is 3. The highest BCUT2D eigenvalue weighted by molar-refractivity contribution is 6.09. The first-order valence-corrected chi connectivity index (χ1v) is 12.4. The first kappa shape index (κ1) is 25.3. The summed E-state index contributed by atoms with van der Waals surface area (Å²) in [6.45, 7) is 0.257. The second-order valence-electron chi connectivity index (χ2n) is 9.54. The summed E-state index contributed by atoms with van der Waals surface area (Å²) in [7, 11) is 4.50. The number of carbonyl (C=O) groups is 1. The smallest absolute Gasteiger partial charge is 0.308 e. The quantitative estimate of drug-likeness (QED) is 0.340. The normalized spacial score (nSPS) is 20.3. The van der Waals surface area contributed by atoms with Crippen molar-refractivity contribution in [2.75, 3.05) is 39.7 Å². The van der Waals surface area contributed by atoms with Crippen LogP contribution in [-0.2, 0) is 4.79 Å². The van der Waals surface area contributed by atoms with Gasteiger partial charge in [0.25, 0.3) is 5.69 Å².